The van der Waals surface area contributed by atoms with E-state index in [2.05, 4.69) is 5.32 Å². The Morgan fingerprint density at radius 3 is 2.94 bits per heavy atom. The van der Waals surface area contributed by atoms with E-state index in [0.717, 1.165) is 13.0 Å². The predicted octanol–water partition coefficient (Wildman–Crippen LogP) is 0.150. The number of carbonyl (C=O) groups excluding carboxylic acids is 2. The molecule has 0 aliphatic carbocycles. The van der Waals surface area contributed by atoms with Gasteiger partial charge in [0.2, 0.25) is 5.91 Å². The molecule has 0 aromatic rings. The van der Waals surface area contributed by atoms with Crippen LogP contribution < -0.4 is 5.32 Å². The minimum atomic E-state index is -0.181. The van der Waals surface area contributed by atoms with Crippen LogP contribution in [0.5, 0.6) is 0 Å². The van der Waals surface area contributed by atoms with Gasteiger partial charge in [0.15, 0.2) is 0 Å². The zero-order valence-electron chi connectivity index (χ0n) is 9.99. The van der Waals surface area contributed by atoms with Crippen molar-refractivity contribution in [1.82, 2.24) is 10.2 Å². The van der Waals surface area contributed by atoms with Crippen LogP contribution in [0, 0.1) is 0 Å². The first-order valence-corrected chi connectivity index (χ1v) is 5.80. The van der Waals surface area contributed by atoms with Crippen LogP contribution in [0.1, 0.15) is 26.2 Å². The summed E-state index contributed by atoms with van der Waals surface area (Å²) in [6.45, 7) is 3.64. The number of likely N-dealkylation sites (tertiary alicyclic amines) is 1. The van der Waals surface area contributed by atoms with E-state index in [1.165, 1.54) is 0 Å². The molecule has 0 bridgehead atoms. The minimum absolute atomic E-state index is 0.0393. The Bertz CT molecular complexity index is 256. The first-order valence-electron chi connectivity index (χ1n) is 5.80. The molecule has 1 unspecified atom stereocenters. The minimum Gasteiger partial charge on any atom is -0.466 e. The lowest BCUT2D eigenvalue weighted by Crippen LogP contribution is -2.36. The van der Waals surface area contributed by atoms with Gasteiger partial charge >= 0.3 is 5.97 Å². The van der Waals surface area contributed by atoms with Crippen molar-refractivity contribution < 1.29 is 14.3 Å². The molecule has 0 saturated carbocycles. The van der Waals surface area contributed by atoms with Crippen molar-refractivity contribution in [3.63, 3.8) is 0 Å². The number of esters is 1. The van der Waals surface area contributed by atoms with E-state index in [1.54, 1.807) is 18.9 Å². The molecule has 1 atom stereocenters. The molecule has 0 radical (unpaired) electrons. The molecular weight excluding hydrogens is 208 g/mol. The zero-order valence-corrected chi connectivity index (χ0v) is 9.99. The van der Waals surface area contributed by atoms with Gasteiger partial charge in [-0.15, -0.1) is 0 Å². The predicted molar refractivity (Wildman–Crippen MR) is 59.9 cm³/mol. The van der Waals surface area contributed by atoms with Crippen molar-refractivity contribution in [3.8, 4) is 0 Å². The highest BCUT2D eigenvalue weighted by Crippen LogP contribution is 2.11. The van der Waals surface area contributed by atoms with Gasteiger partial charge in [-0.1, -0.05) is 0 Å². The van der Waals surface area contributed by atoms with E-state index in [1.807, 2.05) is 0 Å². The topological polar surface area (TPSA) is 58.6 Å². The molecule has 1 heterocycles. The summed E-state index contributed by atoms with van der Waals surface area (Å²) in [5.41, 5.74) is 0. The lowest BCUT2D eigenvalue weighted by Gasteiger charge is -2.15. The third-order valence-corrected chi connectivity index (χ3v) is 2.76. The number of nitrogens with zero attached hydrogens (tertiary/aromatic N) is 1. The van der Waals surface area contributed by atoms with Crippen molar-refractivity contribution in [2.75, 3.05) is 26.7 Å². The average molecular weight is 228 g/mol. The van der Waals surface area contributed by atoms with Gasteiger partial charge in [-0.25, -0.2) is 0 Å². The first-order chi connectivity index (χ1) is 7.69. The summed E-state index contributed by atoms with van der Waals surface area (Å²) in [7, 11) is 1.80. The molecule has 16 heavy (non-hydrogen) atoms. The van der Waals surface area contributed by atoms with Gasteiger partial charge in [0, 0.05) is 19.5 Å². The van der Waals surface area contributed by atoms with Crippen molar-refractivity contribution in [1.29, 1.82) is 0 Å². The van der Waals surface area contributed by atoms with Crippen LogP contribution in [-0.2, 0) is 14.3 Å². The van der Waals surface area contributed by atoms with Crippen LogP contribution in [0.2, 0.25) is 0 Å². The van der Waals surface area contributed by atoms with E-state index in [0.29, 0.717) is 26.0 Å². The molecule has 0 aromatic carbocycles. The third kappa shape index (κ3) is 3.48. The van der Waals surface area contributed by atoms with Crippen molar-refractivity contribution >= 4 is 11.9 Å². The molecule has 1 saturated heterocycles. The van der Waals surface area contributed by atoms with Gasteiger partial charge < -0.3 is 15.0 Å². The molecule has 5 heteroatoms. The van der Waals surface area contributed by atoms with Crippen molar-refractivity contribution in [3.05, 3.63) is 0 Å². The van der Waals surface area contributed by atoms with Crippen molar-refractivity contribution in [2.24, 2.45) is 0 Å². The fourth-order valence-electron chi connectivity index (χ4n) is 1.88. The van der Waals surface area contributed by atoms with Crippen LogP contribution in [-0.4, -0.2) is 49.6 Å². The quantitative estimate of drug-likeness (QED) is 0.657. The van der Waals surface area contributed by atoms with E-state index in [-0.39, 0.29) is 17.9 Å². The highest BCUT2D eigenvalue weighted by molar-refractivity contribution is 5.83. The van der Waals surface area contributed by atoms with Crippen LogP contribution in [0.4, 0.5) is 0 Å². The Morgan fingerprint density at radius 2 is 2.38 bits per heavy atom. The molecule has 1 fully saturated rings. The summed E-state index contributed by atoms with van der Waals surface area (Å²) >= 11 is 0. The number of hydrogen-bond acceptors (Lipinski definition) is 4. The first kappa shape index (κ1) is 13.0. The number of hydrogen-bond donors (Lipinski definition) is 1. The number of amides is 1. The second-order valence-electron chi connectivity index (χ2n) is 3.86. The number of rotatable bonds is 6. The largest absolute Gasteiger partial charge is 0.466 e. The monoisotopic (exact) mass is 228 g/mol. The summed E-state index contributed by atoms with van der Waals surface area (Å²) in [4.78, 5) is 24.6. The normalized spacial score (nSPS) is 20.2. The molecule has 1 amide bonds. The Hall–Kier alpha value is -1.10. The molecule has 5 nitrogen and oxygen atoms in total. The average Bonchev–Trinajstić information content (AvgIpc) is 2.60. The van der Waals surface area contributed by atoms with Gasteiger partial charge in [0.1, 0.15) is 0 Å². The smallest absolute Gasteiger partial charge is 0.305 e. The van der Waals surface area contributed by atoms with Crippen LogP contribution in [0.15, 0.2) is 0 Å². The Balaban J connectivity index is 2.19. The lowest BCUT2D eigenvalue weighted by atomic mass is 10.2. The molecule has 1 rings (SSSR count). The van der Waals surface area contributed by atoms with Gasteiger partial charge in [0.05, 0.1) is 12.6 Å². The molecule has 0 aromatic heterocycles. The fraction of sp³-hybridized carbons (Fsp3) is 0.818. The number of nitrogens with one attached hydrogen (secondary N) is 1. The summed E-state index contributed by atoms with van der Waals surface area (Å²) in [6.07, 6.45) is 1.93. The standard InChI is InChI=1S/C11H20N2O3/c1-3-16-10(14)5-4-7-13-8-6-9(12-2)11(13)15/h9,12H,3-8H2,1-2H3. The second kappa shape index (κ2) is 6.48. The number of carbonyl (C=O) groups is 2. The molecule has 92 valence electrons. The van der Waals surface area contributed by atoms with E-state index in [4.69, 9.17) is 4.74 Å². The molecule has 1 aliphatic heterocycles. The van der Waals surface area contributed by atoms with Gasteiger partial charge in [-0.3, -0.25) is 9.59 Å². The zero-order chi connectivity index (χ0) is 12.0. The molecule has 1 N–H and O–H groups in total. The highest BCUT2D eigenvalue weighted by atomic mass is 16.5. The van der Waals surface area contributed by atoms with E-state index < -0.39 is 0 Å². The van der Waals surface area contributed by atoms with Gasteiger partial charge in [-0.2, -0.15) is 0 Å². The second-order valence-corrected chi connectivity index (χ2v) is 3.86. The van der Waals surface area contributed by atoms with E-state index >= 15 is 0 Å². The fourth-order valence-corrected chi connectivity index (χ4v) is 1.88. The Kier molecular flexibility index (Phi) is 5.25. The number of ether oxygens (including phenoxy) is 1. The van der Waals surface area contributed by atoms with Crippen LogP contribution in [0.25, 0.3) is 0 Å². The summed E-state index contributed by atoms with van der Waals surface area (Å²) in [6, 6.07) is -0.0393. The summed E-state index contributed by atoms with van der Waals surface area (Å²) in [5, 5.41) is 2.98. The third-order valence-electron chi connectivity index (χ3n) is 2.76. The maximum atomic E-state index is 11.7. The van der Waals surface area contributed by atoms with Crippen LogP contribution in [0.3, 0.4) is 0 Å². The van der Waals surface area contributed by atoms with Crippen LogP contribution >= 0.6 is 0 Å². The van der Waals surface area contributed by atoms with Gasteiger partial charge in [0.25, 0.3) is 0 Å². The lowest BCUT2D eigenvalue weighted by molar-refractivity contribution is -0.143. The SMILES string of the molecule is CCOC(=O)CCCN1CCC(NC)C1=O. The maximum absolute atomic E-state index is 11.7. The van der Waals surface area contributed by atoms with E-state index in [9.17, 15) is 9.59 Å². The maximum Gasteiger partial charge on any atom is 0.305 e. The molecular formula is C11H20N2O3. The number of likely N-dealkylation sites (N-methyl/N-ethyl adjacent to an activating group) is 1. The van der Waals surface area contributed by atoms with Gasteiger partial charge in [-0.05, 0) is 26.8 Å². The molecule has 1 aliphatic rings. The van der Waals surface area contributed by atoms with Crippen molar-refractivity contribution in [2.45, 2.75) is 32.2 Å². The summed E-state index contributed by atoms with van der Waals surface area (Å²) < 4.78 is 4.82. The summed E-state index contributed by atoms with van der Waals surface area (Å²) in [5.74, 6) is -0.0364. The molecule has 0 spiro atoms. The Labute approximate surface area is 96.1 Å². The highest BCUT2D eigenvalue weighted by Gasteiger charge is 2.29. The Morgan fingerprint density at radius 1 is 1.62 bits per heavy atom.